The van der Waals surface area contributed by atoms with E-state index in [1.807, 2.05) is 0 Å². The monoisotopic (exact) mass is 211 g/mol. The van der Waals surface area contributed by atoms with Gasteiger partial charge >= 0.3 is 11.9 Å². The SMILES string of the molecule is CCC(NCC(F)(F)C(=O)O)C(C)O. The van der Waals surface area contributed by atoms with Gasteiger partial charge in [-0.25, -0.2) is 4.79 Å². The van der Waals surface area contributed by atoms with E-state index in [0.29, 0.717) is 6.42 Å². The number of halogens is 2. The Morgan fingerprint density at radius 3 is 2.36 bits per heavy atom. The van der Waals surface area contributed by atoms with Gasteiger partial charge in [-0.15, -0.1) is 0 Å². The van der Waals surface area contributed by atoms with Gasteiger partial charge in [-0.05, 0) is 13.3 Å². The molecule has 0 heterocycles. The van der Waals surface area contributed by atoms with E-state index in [9.17, 15) is 13.6 Å². The minimum absolute atomic E-state index is 0.452. The average molecular weight is 211 g/mol. The van der Waals surface area contributed by atoms with Gasteiger partial charge in [0.15, 0.2) is 0 Å². The molecular formula is C8H15F2NO3. The Kier molecular flexibility index (Phi) is 4.93. The van der Waals surface area contributed by atoms with Crippen molar-refractivity contribution in [1.82, 2.24) is 5.32 Å². The number of alkyl halides is 2. The van der Waals surface area contributed by atoms with Crippen molar-refractivity contribution in [1.29, 1.82) is 0 Å². The van der Waals surface area contributed by atoms with Crippen LogP contribution in [-0.2, 0) is 4.79 Å². The van der Waals surface area contributed by atoms with E-state index in [-0.39, 0.29) is 0 Å². The van der Waals surface area contributed by atoms with Gasteiger partial charge in [0.25, 0.3) is 0 Å². The van der Waals surface area contributed by atoms with Crippen molar-refractivity contribution in [2.24, 2.45) is 0 Å². The predicted octanol–water partition coefficient (Wildman–Crippen LogP) is 0.455. The molecule has 4 nitrogen and oxygen atoms in total. The fourth-order valence-electron chi connectivity index (χ4n) is 0.991. The second-order valence-electron chi connectivity index (χ2n) is 3.15. The minimum Gasteiger partial charge on any atom is -0.477 e. The quantitative estimate of drug-likeness (QED) is 0.596. The van der Waals surface area contributed by atoms with E-state index in [0.717, 1.165) is 0 Å². The van der Waals surface area contributed by atoms with Crippen LogP contribution in [0.3, 0.4) is 0 Å². The molecule has 0 fully saturated rings. The first-order valence-electron chi connectivity index (χ1n) is 4.34. The van der Waals surface area contributed by atoms with Gasteiger partial charge in [-0.2, -0.15) is 8.78 Å². The van der Waals surface area contributed by atoms with Crippen molar-refractivity contribution in [3.63, 3.8) is 0 Å². The van der Waals surface area contributed by atoms with Crippen LogP contribution >= 0.6 is 0 Å². The summed E-state index contributed by atoms with van der Waals surface area (Å²) in [5.41, 5.74) is 0. The summed E-state index contributed by atoms with van der Waals surface area (Å²) in [5.74, 6) is -5.95. The summed E-state index contributed by atoms with van der Waals surface area (Å²) in [6.07, 6.45) is -0.336. The molecule has 0 saturated carbocycles. The van der Waals surface area contributed by atoms with E-state index in [1.54, 1.807) is 6.92 Å². The summed E-state index contributed by atoms with van der Waals surface area (Å²) >= 11 is 0. The lowest BCUT2D eigenvalue weighted by Crippen LogP contribution is -2.47. The van der Waals surface area contributed by atoms with Gasteiger partial charge in [0.2, 0.25) is 0 Å². The predicted molar refractivity (Wildman–Crippen MR) is 46.3 cm³/mol. The number of aliphatic carboxylic acids is 1. The van der Waals surface area contributed by atoms with Gasteiger partial charge in [0.1, 0.15) is 0 Å². The highest BCUT2D eigenvalue weighted by molar-refractivity contribution is 5.75. The number of aliphatic hydroxyl groups is 1. The highest BCUT2D eigenvalue weighted by Crippen LogP contribution is 2.12. The smallest absolute Gasteiger partial charge is 0.375 e. The minimum atomic E-state index is -3.79. The molecule has 0 aliphatic carbocycles. The average Bonchev–Trinajstić information content (AvgIpc) is 2.04. The fraction of sp³-hybridized carbons (Fsp3) is 0.875. The van der Waals surface area contributed by atoms with Gasteiger partial charge in [-0.1, -0.05) is 6.92 Å². The second kappa shape index (κ2) is 5.21. The van der Waals surface area contributed by atoms with E-state index in [1.165, 1.54) is 6.92 Å². The molecular weight excluding hydrogens is 196 g/mol. The fourth-order valence-corrected chi connectivity index (χ4v) is 0.991. The van der Waals surface area contributed by atoms with Crippen molar-refractivity contribution in [2.45, 2.75) is 38.3 Å². The maximum atomic E-state index is 12.6. The van der Waals surface area contributed by atoms with Crippen molar-refractivity contribution in [3.8, 4) is 0 Å². The summed E-state index contributed by atoms with van der Waals surface area (Å²) in [7, 11) is 0. The zero-order valence-electron chi connectivity index (χ0n) is 8.13. The molecule has 14 heavy (non-hydrogen) atoms. The summed E-state index contributed by atoms with van der Waals surface area (Å²) < 4.78 is 25.1. The number of hydrogen-bond donors (Lipinski definition) is 3. The summed E-state index contributed by atoms with van der Waals surface area (Å²) in [6.45, 7) is 2.20. The number of carboxylic acids is 1. The van der Waals surface area contributed by atoms with Gasteiger partial charge in [0.05, 0.1) is 12.6 Å². The molecule has 0 radical (unpaired) electrons. The summed E-state index contributed by atoms with van der Waals surface area (Å²) in [4.78, 5) is 10.0. The zero-order valence-corrected chi connectivity index (χ0v) is 8.13. The molecule has 3 N–H and O–H groups in total. The highest BCUT2D eigenvalue weighted by Gasteiger charge is 2.39. The number of aliphatic hydroxyl groups excluding tert-OH is 1. The third-order valence-electron chi connectivity index (χ3n) is 1.92. The first-order chi connectivity index (χ1) is 6.31. The van der Waals surface area contributed by atoms with Crippen LogP contribution in [0.2, 0.25) is 0 Å². The topological polar surface area (TPSA) is 69.6 Å². The first-order valence-corrected chi connectivity index (χ1v) is 4.34. The van der Waals surface area contributed by atoms with Crippen molar-refractivity contribution in [3.05, 3.63) is 0 Å². The molecule has 0 aromatic carbocycles. The van der Waals surface area contributed by atoms with E-state index >= 15 is 0 Å². The van der Waals surface area contributed by atoms with E-state index in [2.05, 4.69) is 5.32 Å². The van der Waals surface area contributed by atoms with Gasteiger partial charge in [-0.3, -0.25) is 0 Å². The normalized spacial score (nSPS) is 16.4. The molecule has 0 aromatic rings. The van der Waals surface area contributed by atoms with Crippen LogP contribution in [-0.4, -0.2) is 40.8 Å². The molecule has 84 valence electrons. The van der Waals surface area contributed by atoms with Gasteiger partial charge in [0, 0.05) is 6.04 Å². The molecule has 0 aliphatic rings. The van der Waals surface area contributed by atoms with Crippen LogP contribution in [0.4, 0.5) is 8.78 Å². The standard InChI is InChI=1S/C8H15F2NO3/c1-3-6(5(2)12)11-4-8(9,10)7(13)14/h5-6,11-12H,3-4H2,1-2H3,(H,13,14). The van der Waals surface area contributed by atoms with Crippen molar-refractivity contribution in [2.75, 3.05) is 6.54 Å². The lowest BCUT2D eigenvalue weighted by Gasteiger charge is -2.21. The Morgan fingerprint density at radius 2 is 2.07 bits per heavy atom. The van der Waals surface area contributed by atoms with Crippen LogP contribution in [0, 0.1) is 0 Å². The van der Waals surface area contributed by atoms with Crippen LogP contribution in [0.5, 0.6) is 0 Å². The number of rotatable bonds is 6. The number of hydrogen-bond acceptors (Lipinski definition) is 3. The number of nitrogens with one attached hydrogen (secondary N) is 1. The summed E-state index contributed by atoms with van der Waals surface area (Å²) in [5, 5.41) is 19.5. The largest absolute Gasteiger partial charge is 0.477 e. The van der Waals surface area contributed by atoms with Crippen LogP contribution in [0.1, 0.15) is 20.3 Å². The molecule has 0 bridgehead atoms. The molecule has 0 rings (SSSR count). The first kappa shape index (κ1) is 13.2. The Morgan fingerprint density at radius 1 is 1.57 bits per heavy atom. The maximum absolute atomic E-state index is 12.6. The van der Waals surface area contributed by atoms with Gasteiger partial charge < -0.3 is 15.5 Å². The highest BCUT2D eigenvalue weighted by atomic mass is 19.3. The third kappa shape index (κ3) is 3.97. The zero-order chi connectivity index (χ0) is 11.4. The van der Waals surface area contributed by atoms with Crippen LogP contribution in [0.15, 0.2) is 0 Å². The Labute approximate surface area is 80.9 Å². The molecule has 0 saturated heterocycles. The Bertz CT molecular complexity index is 197. The Hall–Kier alpha value is -0.750. The summed E-state index contributed by atoms with van der Waals surface area (Å²) in [6, 6.07) is -0.514. The lowest BCUT2D eigenvalue weighted by molar-refractivity contribution is -0.164. The van der Waals surface area contributed by atoms with Crippen molar-refractivity contribution >= 4 is 5.97 Å². The molecule has 2 unspecified atom stereocenters. The van der Waals surface area contributed by atoms with Crippen LogP contribution < -0.4 is 5.32 Å². The molecule has 2 atom stereocenters. The lowest BCUT2D eigenvalue weighted by atomic mass is 10.1. The number of carboxylic acid groups (broad SMARTS) is 1. The van der Waals surface area contributed by atoms with Crippen molar-refractivity contribution < 1.29 is 23.8 Å². The molecule has 0 amide bonds. The molecule has 0 spiro atoms. The molecule has 0 aromatic heterocycles. The Balaban J connectivity index is 4.09. The third-order valence-corrected chi connectivity index (χ3v) is 1.92. The second-order valence-corrected chi connectivity index (χ2v) is 3.15. The molecule has 0 aliphatic heterocycles. The van der Waals surface area contributed by atoms with Crippen LogP contribution in [0.25, 0.3) is 0 Å². The van der Waals surface area contributed by atoms with E-state index < -0.39 is 30.6 Å². The molecule has 6 heteroatoms. The van der Waals surface area contributed by atoms with E-state index in [4.69, 9.17) is 10.2 Å². The maximum Gasteiger partial charge on any atom is 0.375 e. The number of carbonyl (C=O) groups is 1.